The Hall–Kier alpha value is -4.50. The van der Waals surface area contributed by atoms with E-state index in [1.54, 1.807) is 0 Å². The third-order valence-corrected chi connectivity index (χ3v) is 7.89. The van der Waals surface area contributed by atoms with Crippen molar-refractivity contribution in [2.45, 2.75) is 38.0 Å². The van der Waals surface area contributed by atoms with Gasteiger partial charge in [0.1, 0.15) is 28.7 Å². The Labute approximate surface area is 246 Å². The number of alkyl halides is 5. The maximum atomic E-state index is 15.0. The highest BCUT2D eigenvalue weighted by Crippen LogP contribution is 2.40. The van der Waals surface area contributed by atoms with E-state index in [-0.39, 0.29) is 51.1 Å². The molecule has 5 aromatic rings. The van der Waals surface area contributed by atoms with Crippen LogP contribution in [-0.2, 0) is 22.6 Å². The van der Waals surface area contributed by atoms with Crippen LogP contribution in [0, 0.1) is 19.7 Å². The summed E-state index contributed by atoms with van der Waals surface area (Å²) in [6.45, 7) is 2.11. The van der Waals surface area contributed by atoms with Crippen LogP contribution in [0.3, 0.4) is 0 Å². The van der Waals surface area contributed by atoms with Crippen LogP contribution < -0.4 is 0 Å². The lowest BCUT2D eigenvalue weighted by Gasteiger charge is -2.15. The number of sulfone groups is 1. The number of hydrogen-bond donors (Lipinski definition) is 1. The maximum Gasteiger partial charge on any atom is 0.433 e. The predicted molar refractivity (Wildman–Crippen MR) is 146 cm³/mol. The molecule has 0 spiro atoms. The number of imidazole rings is 1. The summed E-state index contributed by atoms with van der Waals surface area (Å²) in [7, 11) is -3.97. The zero-order valence-electron chi connectivity index (χ0n) is 23.1. The second-order valence-electron chi connectivity index (χ2n) is 9.82. The molecule has 230 valence electrons. The number of halogens is 6. The monoisotopic (exact) mass is 636 g/mol. The van der Waals surface area contributed by atoms with Crippen LogP contribution >= 0.6 is 0 Å². The van der Waals surface area contributed by atoms with Crippen molar-refractivity contribution >= 4 is 9.84 Å². The molecule has 0 aliphatic heterocycles. The Bertz CT molecular complexity index is 1980. The van der Waals surface area contributed by atoms with Crippen molar-refractivity contribution in [3.8, 4) is 39.4 Å². The Morgan fingerprint density at radius 1 is 1.00 bits per heavy atom. The number of aliphatic hydroxyl groups is 1. The third kappa shape index (κ3) is 5.84. The van der Waals surface area contributed by atoms with E-state index in [1.165, 1.54) is 42.7 Å². The molecular weight excluding hydrogens is 614 g/mol. The van der Waals surface area contributed by atoms with E-state index in [4.69, 9.17) is 4.42 Å². The summed E-state index contributed by atoms with van der Waals surface area (Å²) < 4.78 is 113. The van der Waals surface area contributed by atoms with Gasteiger partial charge in [0.15, 0.2) is 21.5 Å². The van der Waals surface area contributed by atoms with Crippen molar-refractivity contribution in [3.63, 3.8) is 0 Å². The number of rotatable bonds is 7. The van der Waals surface area contributed by atoms with Gasteiger partial charge in [-0.2, -0.15) is 13.2 Å². The van der Waals surface area contributed by atoms with Crippen LogP contribution in [0.2, 0.25) is 0 Å². The topological polar surface area (TPSA) is 111 Å². The first kappa shape index (κ1) is 30.9. The maximum absolute atomic E-state index is 15.0. The number of aliphatic hydroxyl groups excluding tert-OH is 1. The van der Waals surface area contributed by atoms with Gasteiger partial charge < -0.3 is 14.1 Å². The largest absolute Gasteiger partial charge is 0.440 e. The van der Waals surface area contributed by atoms with E-state index >= 15 is 4.39 Å². The minimum atomic E-state index is -4.69. The standard InChI is InChI=1S/C29H22F6N4O4S/c1-14-37-22(28(31)32)12-39(14)23-6-4-16(18-9-21(30)20(13-40)24(10-18)44(3,41)42)8-19(23)26-27(43-15(2)38-26)17-5-7-25(36-11-17)29(33,34)35/h4-12,28,40H,13H2,1-3H3. The molecule has 0 radical (unpaired) electrons. The van der Waals surface area contributed by atoms with Crippen molar-refractivity contribution in [1.29, 1.82) is 0 Å². The molecule has 0 aliphatic carbocycles. The van der Waals surface area contributed by atoms with Gasteiger partial charge in [0.05, 0.1) is 17.2 Å². The Balaban J connectivity index is 1.78. The normalized spacial score (nSPS) is 12.3. The van der Waals surface area contributed by atoms with Crippen LogP contribution in [0.5, 0.6) is 0 Å². The van der Waals surface area contributed by atoms with Gasteiger partial charge in [0.2, 0.25) is 0 Å². The van der Waals surface area contributed by atoms with Crippen molar-refractivity contribution in [3.05, 3.63) is 89.3 Å². The zero-order chi connectivity index (χ0) is 32.1. The van der Waals surface area contributed by atoms with Gasteiger partial charge in [0.25, 0.3) is 6.43 Å². The van der Waals surface area contributed by atoms with Gasteiger partial charge in [-0.05, 0) is 54.4 Å². The Morgan fingerprint density at radius 2 is 1.70 bits per heavy atom. The quantitative estimate of drug-likeness (QED) is 0.194. The molecule has 0 bridgehead atoms. The molecule has 0 fully saturated rings. The minimum Gasteiger partial charge on any atom is -0.440 e. The second-order valence-corrected chi connectivity index (χ2v) is 11.8. The predicted octanol–water partition coefficient (Wildman–Crippen LogP) is 6.86. The highest BCUT2D eigenvalue weighted by Gasteiger charge is 2.32. The highest BCUT2D eigenvalue weighted by molar-refractivity contribution is 7.90. The summed E-state index contributed by atoms with van der Waals surface area (Å²) in [6, 6.07) is 8.59. The lowest BCUT2D eigenvalue weighted by molar-refractivity contribution is -0.141. The van der Waals surface area contributed by atoms with Crippen LogP contribution in [-0.4, -0.2) is 39.3 Å². The molecule has 5 rings (SSSR count). The molecule has 1 N–H and O–H groups in total. The second kappa shape index (κ2) is 11.2. The zero-order valence-corrected chi connectivity index (χ0v) is 23.9. The van der Waals surface area contributed by atoms with Gasteiger partial charge in [-0.15, -0.1) is 0 Å². The fourth-order valence-corrected chi connectivity index (χ4v) is 5.67. The van der Waals surface area contributed by atoms with E-state index in [1.807, 2.05) is 0 Å². The summed E-state index contributed by atoms with van der Waals surface area (Å²) in [4.78, 5) is 11.4. The van der Waals surface area contributed by atoms with Gasteiger partial charge in [-0.1, -0.05) is 6.07 Å². The molecule has 0 atom stereocenters. The average molecular weight is 637 g/mol. The summed E-state index contributed by atoms with van der Waals surface area (Å²) in [5.41, 5.74) is -1.01. The van der Waals surface area contributed by atoms with E-state index < -0.39 is 56.7 Å². The first-order valence-electron chi connectivity index (χ1n) is 12.7. The molecular formula is C29H22F6N4O4S. The van der Waals surface area contributed by atoms with E-state index in [0.717, 1.165) is 36.8 Å². The van der Waals surface area contributed by atoms with Crippen molar-refractivity contribution < 1.29 is 44.3 Å². The van der Waals surface area contributed by atoms with Gasteiger partial charge >= 0.3 is 6.18 Å². The van der Waals surface area contributed by atoms with Crippen LogP contribution in [0.1, 0.15) is 35.1 Å². The van der Waals surface area contributed by atoms with Crippen molar-refractivity contribution in [2.75, 3.05) is 6.26 Å². The molecule has 8 nitrogen and oxygen atoms in total. The van der Waals surface area contributed by atoms with E-state index in [0.29, 0.717) is 0 Å². The summed E-state index contributed by atoms with van der Waals surface area (Å²) in [5, 5.41) is 9.60. The molecule has 3 heterocycles. The summed E-state index contributed by atoms with van der Waals surface area (Å²) in [5.74, 6) is -0.686. The lowest BCUT2D eigenvalue weighted by Crippen LogP contribution is -2.07. The van der Waals surface area contributed by atoms with E-state index in [2.05, 4.69) is 15.0 Å². The minimum absolute atomic E-state index is 0.00705. The number of benzene rings is 2. The molecule has 0 aliphatic rings. The molecule has 0 saturated heterocycles. The van der Waals surface area contributed by atoms with E-state index in [9.17, 15) is 35.5 Å². The number of oxazole rings is 1. The lowest BCUT2D eigenvalue weighted by atomic mass is 9.97. The van der Waals surface area contributed by atoms with Gasteiger partial charge in [-0.25, -0.2) is 31.6 Å². The average Bonchev–Trinajstić information content (AvgIpc) is 3.54. The first-order chi connectivity index (χ1) is 20.6. The molecule has 3 aromatic heterocycles. The molecule has 2 aromatic carbocycles. The molecule has 15 heteroatoms. The first-order valence-corrected chi connectivity index (χ1v) is 14.6. The smallest absolute Gasteiger partial charge is 0.433 e. The SMILES string of the molecule is Cc1nc(-c2cc(-c3cc(F)c(CO)c(S(C)(=O)=O)c3)ccc2-n2cc(C(F)F)nc2C)c(-c2ccc(C(F)(F)F)nc2)o1. The number of nitrogens with zero attached hydrogens (tertiary/aromatic N) is 4. The number of aromatic nitrogens is 4. The summed E-state index contributed by atoms with van der Waals surface area (Å²) >= 11 is 0. The fraction of sp³-hybridized carbons (Fsp3) is 0.207. The Kier molecular flexibility index (Phi) is 7.88. The van der Waals surface area contributed by atoms with Crippen molar-refractivity contribution in [2.24, 2.45) is 0 Å². The molecule has 44 heavy (non-hydrogen) atoms. The Morgan fingerprint density at radius 3 is 2.27 bits per heavy atom. The summed E-state index contributed by atoms with van der Waals surface area (Å²) in [6.07, 6.45) is -4.64. The highest BCUT2D eigenvalue weighted by atomic mass is 32.2. The van der Waals surface area contributed by atoms with Crippen LogP contribution in [0.15, 0.2) is 64.2 Å². The van der Waals surface area contributed by atoms with Crippen LogP contribution in [0.25, 0.3) is 39.4 Å². The number of aryl methyl sites for hydroxylation is 2. The van der Waals surface area contributed by atoms with Crippen LogP contribution in [0.4, 0.5) is 26.3 Å². The number of hydrogen-bond acceptors (Lipinski definition) is 7. The molecule has 0 unspecified atom stereocenters. The molecule has 0 amide bonds. The third-order valence-electron chi connectivity index (χ3n) is 6.73. The number of pyridine rings is 1. The van der Waals surface area contributed by atoms with Crippen molar-refractivity contribution in [1.82, 2.24) is 19.5 Å². The van der Waals surface area contributed by atoms with Gasteiger partial charge in [0, 0.05) is 42.3 Å². The van der Waals surface area contributed by atoms with Gasteiger partial charge in [-0.3, -0.25) is 4.98 Å². The molecule has 0 saturated carbocycles. The fourth-order valence-electron chi connectivity index (χ4n) is 4.72.